The van der Waals surface area contributed by atoms with Crippen molar-refractivity contribution < 1.29 is 9.21 Å². The van der Waals surface area contributed by atoms with Gasteiger partial charge in [0.1, 0.15) is 5.76 Å². The van der Waals surface area contributed by atoms with E-state index in [2.05, 4.69) is 16.0 Å². The molecule has 0 N–H and O–H groups in total. The molecule has 0 bridgehead atoms. The number of rotatable bonds is 8. The first-order valence-corrected chi connectivity index (χ1v) is 9.85. The number of hydrogen-bond donors (Lipinski definition) is 0. The number of carbonyl (C=O) groups excluding carboxylic acids is 1. The SMILES string of the molecule is Cc1cc(-c2ccccc2)nc(SCC(=O)N(CCC#N)Cc2ccco2)n1. The fourth-order valence-corrected chi connectivity index (χ4v) is 3.45. The van der Waals surface area contributed by atoms with E-state index in [0.29, 0.717) is 24.0 Å². The third-order valence-corrected chi connectivity index (χ3v) is 4.83. The maximum absolute atomic E-state index is 12.7. The van der Waals surface area contributed by atoms with Crippen molar-refractivity contribution in [1.82, 2.24) is 14.9 Å². The number of nitriles is 1. The van der Waals surface area contributed by atoms with Crippen LogP contribution in [0.3, 0.4) is 0 Å². The van der Waals surface area contributed by atoms with E-state index in [4.69, 9.17) is 9.68 Å². The Morgan fingerprint density at radius 2 is 2.04 bits per heavy atom. The van der Waals surface area contributed by atoms with Crippen molar-refractivity contribution in [3.8, 4) is 17.3 Å². The van der Waals surface area contributed by atoms with Crippen LogP contribution in [0.5, 0.6) is 0 Å². The fraction of sp³-hybridized carbons (Fsp3) is 0.238. The van der Waals surface area contributed by atoms with Crippen molar-refractivity contribution in [3.05, 3.63) is 66.2 Å². The molecule has 0 aliphatic carbocycles. The van der Waals surface area contributed by atoms with E-state index in [1.54, 1.807) is 17.2 Å². The molecule has 0 atom stereocenters. The standard InChI is InChI=1S/C21H20N4O2S/c1-16-13-19(17-7-3-2-4-8-17)24-21(23-16)28-15-20(26)25(11-6-10-22)14-18-9-5-12-27-18/h2-5,7-9,12-13H,6,11,14-15H2,1H3. The van der Waals surface area contributed by atoms with Gasteiger partial charge >= 0.3 is 0 Å². The van der Waals surface area contributed by atoms with Crippen molar-refractivity contribution >= 4 is 17.7 Å². The second-order valence-electron chi connectivity index (χ2n) is 6.13. The van der Waals surface area contributed by atoms with Gasteiger partial charge in [0, 0.05) is 17.8 Å². The molecule has 0 spiro atoms. The van der Waals surface area contributed by atoms with Crippen LogP contribution in [0.15, 0.2) is 64.4 Å². The lowest BCUT2D eigenvalue weighted by Gasteiger charge is -2.20. The van der Waals surface area contributed by atoms with E-state index in [0.717, 1.165) is 17.0 Å². The number of hydrogen-bond acceptors (Lipinski definition) is 6. The van der Waals surface area contributed by atoms with Crippen molar-refractivity contribution in [2.24, 2.45) is 0 Å². The third kappa shape index (κ3) is 5.44. The molecule has 1 aromatic carbocycles. The highest BCUT2D eigenvalue weighted by Crippen LogP contribution is 2.22. The van der Waals surface area contributed by atoms with Crippen LogP contribution in [0, 0.1) is 18.3 Å². The maximum atomic E-state index is 12.7. The van der Waals surface area contributed by atoms with Gasteiger partial charge in [0.15, 0.2) is 5.16 Å². The number of benzene rings is 1. The molecule has 0 saturated heterocycles. The summed E-state index contributed by atoms with van der Waals surface area (Å²) in [5.41, 5.74) is 2.69. The zero-order chi connectivity index (χ0) is 19.8. The molecule has 0 radical (unpaired) electrons. The minimum atomic E-state index is -0.0805. The Hall–Kier alpha value is -3.11. The topological polar surface area (TPSA) is 83.0 Å². The van der Waals surface area contributed by atoms with Crippen LogP contribution in [0.1, 0.15) is 17.9 Å². The number of thioether (sulfide) groups is 1. The van der Waals surface area contributed by atoms with E-state index < -0.39 is 0 Å². The summed E-state index contributed by atoms with van der Waals surface area (Å²) in [6.07, 6.45) is 1.85. The summed E-state index contributed by atoms with van der Waals surface area (Å²) in [5.74, 6) is 0.807. The average molecular weight is 392 g/mol. The monoisotopic (exact) mass is 392 g/mol. The number of nitrogens with zero attached hydrogens (tertiary/aromatic N) is 4. The van der Waals surface area contributed by atoms with Gasteiger partial charge in [0.25, 0.3) is 0 Å². The molecule has 6 nitrogen and oxygen atoms in total. The molecule has 0 saturated carbocycles. The molecule has 0 aliphatic rings. The highest BCUT2D eigenvalue weighted by molar-refractivity contribution is 7.99. The Morgan fingerprint density at radius 1 is 1.21 bits per heavy atom. The lowest BCUT2D eigenvalue weighted by atomic mass is 10.1. The Kier molecular flexibility index (Phi) is 6.82. The lowest BCUT2D eigenvalue weighted by molar-refractivity contribution is -0.129. The molecule has 0 fully saturated rings. The van der Waals surface area contributed by atoms with Crippen LogP contribution in [0.2, 0.25) is 0 Å². The summed E-state index contributed by atoms with van der Waals surface area (Å²) in [5, 5.41) is 9.42. The van der Waals surface area contributed by atoms with Crippen molar-refractivity contribution in [1.29, 1.82) is 5.26 Å². The number of aromatic nitrogens is 2. The summed E-state index contributed by atoms with van der Waals surface area (Å²) in [6.45, 7) is 2.62. The minimum Gasteiger partial charge on any atom is -0.467 e. The largest absolute Gasteiger partial charge is 0.467 e. The fourth-order valence-electron chi connectivity index (χ4n) is 2.65. The van der Waals surface area contributed by atoms with Gasteiger partial charge in [-0.3, -0.25) is 4.79 Å². The van der Waals surface area contributed by atoms with E-state index in [9.17, 15) is 4.79 Å². The summed E-state index contributed by atoms with van der Waals surface area (Å²) < 4.78 is 5.33. The van der Waals surface area contributed by atoms with Crippen LogP contribution >= 0.6 is 11.8 Å². The molecule has 28 heavy (non-hydrogen) atoms. The predicted molar refractivity (Wildman–Crippen MR) is 107 cm³/mol. The molecular weight excluding hydrogens is 372 g/mol. The number of aryl methyl sites for hydroxylation is 1. The van der Waals surface area contributed by atoms with E-state index >= 15 is 0 Å². The number of amides is 1. The highest BCUT2D eigenvalue weighted by Gasteiger charge is 2.16. The van der Waals surface area contributed by atoms with Crippen molar-refractivity contribution in [2.75, 3.05) is 12.3 Å². The lowest BCUT2D eigenvalue weighted by Crippen LogP contribution is -2.32. The number of furan rings is 1. The molecule has 7 heteroatoms. The Morgan fingerprint density at radius 3 is 2.75 bits per heavy atom. The summed E-state index contributed by atoms with van der Waals surface area (Å²) in [4.78, 5) is 23.3. The van der Waals surface area contributed by atoms with Gasteiger partial charge in [0.2, 0.25) is 5.91 Å². The maximum Gasteiger partial charge on any atom is 0.233 e. The van der Waals surface area contributed by atoms with Crippen LogP contribution in [0.4, 0.5) is 0 Å². The van der Waals surface area contributed by atoms with Crippen molar-refractivity contribution in [3.63, 3.8) is 0 Å². The van der Waals surface area contributed by atoms with Gasteiger partial charge in [-0.05, 0) is 25.1 Å². The van der Waals surface area contributed by atoms with Gasteiger partial charge in [-0.25, -0.2) is 9.97 Å². The molecule has 0 aliphatic heterocycles. The van der Waals surface area contributed by atoms with E-state index in [1.807, 2.05) is 49.4 Å². The normalized spacial score (nSPS) is 10.4. The second-order valence-corrected chi connectivity index (χ2v) is 7.08. The average Bonchev–Trinajstić information content (AvgIpc) is 3.23. The highest BCUT2D eigenvalue weighted by atomic mass is 32.2. The summed E-state index contributed by atoms with van der Waals surface area (Å²) in [7, 11) is 0. The van der Waals surface area contributed by atoms with Crippen LogP contribution in [0.25, 0.3) is 11.3 Å². The molecule has 2 aromatic heterocycles. The first kappa shape index (κ1) is 19.6. The molecular formula is C21H20N4O2S. The van der Waals surface area contributed by atoms with Crippen LogP contribution in [-0.2, 0) is 11.3 Å². The Balaban J connectivity index is 1.68. The summed E-state index contributed by atoms with van der Waals surface area (Å²) >= 11 is 1.30. The van der Waals surface area contributed by atoms with Gasteiger partial charge in [-0.2, -0.15) is 5.26 Å². The smallest absolute Gasteiger partial charge is 0.233 e. The minimum absolute atomic E-state index is 0.0805. The van der Waals surface area contributed by atoms with Crippen LogP contribution in [-0.4, -0.2) is 33.1 Å². The molecule has 0 unspecified atom stereocenters. The number of carbonyl (C=O) groups is 1. The Bertz CT molecular complexity index is 952. The molecule has 142 valence electrons. The first-order valence-electron chi connectivity index (χ1n) is 8.86. The molecule has 2 heterocycles. The Labute approximate surface area is 168 Å². The molecule has 3 rings (SSSR count). The summed E-state index contributed by atoms with van der Waals surface area (Å²) in [6, 6.07) is 17.5. The zero-order valence-electron chi connectivity index (χ0n) is 15.5. The van der Waals surface area contributed by atoms with E-state index in [-0.39, 0.29) is 18.1 Å². The second kappa shape index (κ2) is 9.72. The van der Waals surface area contributed by atoms with Crippen molar-refractivity contribution in [2.45, 2.75) is 25.0 Å². The quantitative estimate of drug-likeness (QED) is 0.424. The predicted octanol–water partition coefficient (Wildman–Crippen LogP) is 4.08. The van der Waals surface area contributed by atoms with Gasteiger partial charge < -0.3 is 9.32 Å². The third-order valence-electron chi connectivity index (χ3n) is 4.00. The van der Waals surface area contributed by atoms with Crippen LogP contribution < -0.4 is 0 Å². The van der Waals surface area contributed by atoms with Gasteiger partial charge in [-0.15, -0.1) is 0 Å². The van der Waals surface area contributed by atoms with Gasteiger partial charge in [0.05, 0.1) is 36.7 Å². The van der Waals surface area contributed by atoms with E-state index in [1.165, 1.54) is 11.8 Å². The molecule has 3 aromatic rings. The first-order chi connectivity index (χ1) is 13.7. The zero-order valence-corrected chi connectivity index (χ0v) is 16.4. The van der Waals surface area contributed by atoms with Gasteiger partial charge in [-0.1, -0.05) is 42.1 Å². The molecule has 1 amide bonds.